The van der Waals surface area contributed by atoms with E-state index in [-0.39, 0.29) is 0 Å². The molecule has 0 aliphatic heterocycles. The molecule has 2 rings (SSSR count). The lowest BCUT2D eigenvalue weighted by molar-refractivity contribution is 0.0456. The van der Waals surface area contributed by atoms with E-state index in [2.05, 4.69) is 4.98 Å². The summed E-state index contributed by atoms with van der Waals surface area (Å²) in [5.74, 6) is 0. The van der Waals surface area contributed by atoms with Gasteiger partial charge in [0.2, 0.25) is 0 Å². The summed E-state index contributed by atoms with van der Waals surface area (Å²) in [4.78, 5) is 3.97. The van der Waals surface area contributed by atoms with E-state index in [0.717, 1.165) is 5.56 Å². The summed E-state index contributed by atoms with van der Waals surface area (Å²) in [5.41, 5.74) is 0.910. The Hall–Kier alpha value is -0.310. The normalized spacial score (nSPS) is 17.2. The SMILES string of the molecule is Clc1ccc(COC2CCCC2)c(Cl)n1. The zero-order valence-corrected chi connectivity index (χ0v) is 9.89. The summed E-state index contributed by atoms with van der Waals surface area (Å²) in [6, 6.07) is 3.60. The van der Waals surface area contributed by atoms with Gasteiger partial charge in [-0.15, -0.1) is 0 Å². The van der Waals surface area contributed by atoms with E-state index in [1.807, 2.05) is 6.07 Å². The number of hydrogen-bond acceptors (Lipinski definition) is 2. The van der Waals surface area contributed by atoms with E-state index in [1.165, 1.54) is 25.7 Å². The van der Waals surface area contributed by atoms with Crippen LogP contribution >= 0.6 is 23.2 Å². The molecule has 0 unspecified atom stereocenters. The third-order valence-corrected chi connectivity index (χ3v) is 3.21. The van der Waals surface area contributed by atoms with Crippen molar-refractivity contribution in [2.75, 3.05) is 0 Å². The van der Waals surface area contributed by atoms with Gasteiger partial charge in [-0.05, 0) is 18.9 Å². The van der Waals surface area contributed by atoms with Crippen LogP contribution < -0.4 is 0 Å². The number of halogens is 2. The van der Waals surface area contributed by atoms with E-state index in [1.54, 1.807) is 6.07 Å². The first kappa shape index (κ1) is 11.2. The van der Waals surface area contributed by atoms with Crippen molar-refractivity contribution in [2.45, 2.75) is 38.4 Å². The molecular formula is C11H13Cl2NO. The molecule has 15 heavy (non-hydrogen) atoms. The van der Waals surface area contributed by atoms with Crippen molar-refractivity contribution in [3.63, 3.8) is 0 Å². The maximum atomic E-state index is 5.94. The molecule has 2 nitrogen and oxygen atoms in total. The second-order valence-electron chi connectivity index (χ2n) is 3.80. The van der Waals surface area contributed by atoms with Gasteiger partial charge in [0.25, 0.3) is 0 Å². The molecule has 1 fully saturated rings. The highest BCUT2D eigenvalue weighted by molar-refractivity contribution is 6.32. The van der Waals surface area contributed by atoms with E-state index >= 15 is 0 Å². The third-order valence-electron chi connectivity index (χ3n) is 2.67. The lowest BCUT2D eigenvalue weighted by Gasteiger charge is -2.11. The number of pyridine rings is 1. The predicted octanol–water partition coefficient (Wildman–Crippen LogP) is 3.85. The fraction of sp³-hybridized carbons (Fsp3) is 0.545. The summed E-state index contributed by atoms with van der Waals surface area (Å²) in [7, 11) is 0. The van der Waals surface area contributed by atoms with Crippen LogP contribution in [0.3, 0.4) is 0 Å². The Morgan fingerprint density at radius 1 is 1.27 bits per heavy atom. The van der Waals surface area contributed by atoms with Crippen molar-refractivity contribution in [1.82, 2.24) is 4.98 Å². The highest BCUT2D eigenvalue weighted by atomic mass is 35.5. The van der Waals surface area contributed by atoms with E-state index < -0.39 is 0 Å². The van der Waals surface area contributed by atoms with Crippen LogP contribution in [0.4, 0.5) is 0 Å². The summed E-state index contributed by atoms with van der Waals surface area (Å²) >= 11 is 11.6. The lowest BCUT2D eigenvalue weighted by Crippen LogP contribution is -2.07. The molecule has 82 valence electrons. The quantitative estimate of drug-likeness (QED) is 0.756. The van der Waals surface area contributed by atoms with Crippen LogP contribution in [0.1, 0.15) is 31.2 Å². The molecule has 4 heteroatoms. The summed E-state index contributed by atoms with van der Waals surface area (Å²) in [6.45, 7) is 0.535. The van der Waals surface area contributed by atoms with Gasteiger partial charge in [0, 0.05) is 5.56 Å². The van der Waals surface area contributed by atoms with Crippen LogP contribution in [0, 0.1) is 0 Å². The molecule has 0 amide bonds. The van der Waals surface area contributed by atoms with Crippen LogP contribution in [-0.4, -0.2) is 11.1 Å². The van der Waals surface area contributed by atoms with Crippen LogP contribution in [0.15, 0.2) is 12.1 Å². The highest BCUT2D eigenvalue weighted by Crippen LogP contribution is 2.24. The van der Waals surface area contributed by atoms with Crippen molar-refractivity contribution >= 4 is 23.2 Å². The standard InChI is InChI=1S/C11H13Cl2NO/c12-10-6-5-8(11(13)14-10)7-15-9-3-1-2-4-9/h5-6,9H,1-4,7H2. The van der Waals surface area contributed by atoms with Gasteiger partial charge < -0.3 is 4.74 Å². The number of rotatable bonds is 3. The van der Waals surface area contributed by atoms with Gasteiger partial charge in [-0.2, -0.15) is 0 Å². The Morgan fingerprint density at radius 3 is 2.67 bits per heavy atom. The first-order valence-corrected chi connectivity index (χ1v) is 5.94. The molecular weight excluding hydrogens is 233 g/mol. The van der Waals surface area contributed by atoms with E-state index in [0.29, 0.717) is 23.0 Å². The predicted molar refractivity (Wildman–Crippen MR) is 61.3 cm³/mol. The van der Waals surface area contributed by atoms with Gasteiger partial charge in [0.05, 0.1) is 12.7 Å². The van der Waals surface area contributed by atoms with Crippen LogP contribution in [-0.2, 0) is 11.3 Å². The Bertz CT molecular complexity index is 337. The Balaban J connectivity index is 1.92. The molecule has 1 aromatic rings. The third kappa shape index (κ3) is 3.07. The van der Waals surface area contributed by atoms with Crippen LogP contribution in [0.25, 0.3) is 0 Å². The first-order valence-electron chi connectivity index (χ1n) is 5.18. The molecule has 0 bridgehead atoms. The molecule has 1 saturated carbocycles. The van der Waals surface area contributed by atoms with Crippen molar-refractivity contribution in [2.24, 2.45) is 0 Å². The second-order valence-corrected chi connectivity index (χ2v) is 4.55. The minimum absolute atomic E-state index is 0.400. The molecule has 0 spiro atoms. The van der Waals surface area contributed by atoms with Gasteiger partial charge in [-0.3, -0.25) is 0 Å². The maximum Gasteiger partial charge on any atom is 0.136 e. The minimum atomic E-state index is 0.400. The molecule has 0 radical (unpaired) electrons. The second kappa shape index (κ2) is 5.15. The fourth-order valence-corrected chi connectivity index (χ4v) is 2.21. The molecule has 0 aromatic carbocycles. The fourth-order valence-electron chi connectivity index (χ4n) is 1.81. The van der Waals surface area contributed by atoms with Gasteiger partial charge in [0.1, 0.15) is 10.3 Å². The van der Waals surface area contributed by atoms with Crippen molar-refractivity contribution < 1.29 is 4.74 Å². The van der Waals surface area contributed by atoms with Crippen molar-refractivity contribution in [1.29, 1.82) is 0 Å². The number of aromatic nitrogens is 1. The number of nitrogens with zero attached hydrogens (tertiary/aromatic N) is 1. The summed E-state index contributed by atoms with van der Waals surface area (Å²) < 4.78 is 5.74. The lowest BCUT2D eigenvalue weighted by atomic mass is 10.3. The van der Waals surface area contributed by atoms with Crippen LogP contribution in [0.5, 0.6) is 0 Å². The van der Waals surface area contributed by atoms with Crippen molar-refractivity contribution in [3.8, 4) is 0 Å². The Morgan fingerprint density at radius 2 is 2.00 bits per heavy atom. The molecule has 0 saturated heterocycles. The van der Waals surface area contributed by atoms with Crippen LogP contribution in [0.2, 0.25) is 10.3 Å². The maximum absolute atomic E-state index is 5.94. The molecule has 1 heterocycles. The Labute approximate surface area is 99.6 Å². The van der Waals surface area contributed by atoms with Gasteiger partial charge in [-0.25, -0.2) is 4.98 Å². The molecule has 1 aliphatic rings. The largest absolute Gasteiger partial charge is 0.373 e. The molecule has 0 atom stereocenters. The minimum Gasteiger partial charge on any atom is -0.373 e. The molecule has 1 aromatic heterocycles. The average molecular weight is 246 g/mol. The van der Waals surface area contributed by atoms with Gasteiger partial charge >= 0.3 is 0 Å². The average Bonchev–Trinajstić information content (AvgIpc) is 2.69. The van der Waals surface area contributed by atoms with Gasteiger partial charge in [-0.1, -0.05) is 42.1 Å². The van der Waals surface area contributed by atoms with E-state index in [4.69, 9.17) is 27.9 Å². The summed E-state index contributed by atoms with van der Waals surface area (Å²) in [5, 5.41) is 0.866. The molecule has 0 N–H and O–H groups in total. The number of hydrogen-bond donors (Lipinski definition) is 0. The topological polar surface area (TPSA) is 22.1 Å². The summed E-state index contributed by atoms with van der Waals surface area (Å²) in [6.07, 6.45) is 5.28. The monoisotopic (exact) mass is 245 g/mol. The first-order chi connectivity index (χ1) is 7.25. The molecule has 1 aliphatic carbocycles. The zero-order chi connectivity index (χ0) is 10.7. The smallest absolute Gasteiger partial charge is 0.136 e. The van der Waals surface area contributed by atoms with Crippen molar-refractivity contribution in [3.05, 3.63) is 28.0 Å². The Kier molecular flexibility index (Phi) is 3.84. The van der Waals surface area contributed by atoms with Gasteiger partial charge in [0.15, 0.2) is 0 Å². The number of ether oxygens (including phenoxy) is 1. The zero-order valence-electron chi connectivity index (χ0n) is 8.38. The van der Waals surface area contributed by atoms with E-state index in [9.17, 15) is 0 Å². The highest BCUT2D eigenvalue weighted by Gasteiger charge is 2.15.